The highest BCUT2D eigenvalue weighted by Gasteiger charge is 2.32. The first-order valence-electron chi connectivity index (χ1n) is 17.4. The van der Waals surface area contributed by atoms with Crippen LogP contribution in [0.3, 0.4) is 0 Å². The van der Waals surface area contributed by atoms with Crippen molar-refractivity contribution in [2.75, 3.05) is 89.7 Å². The molecule has 4 heterocycles. The molecule has 3 aliphatic heterocycles. The van der Waals surface area contributed by atoms with Crippen LogP contribution in [0.15, 0.2) is 27.4 Å². The third kappa shape index (κ3) is 6.68. The second kappa shape index (κ2) is 14.1. The van der Waals surface area contributed by atoms with Crippen LogP contribution in [0.4, 0.5) is 11.4 Å². The van der Waals surface area contributed by atoms with Gasteiger partial charge in [-0.15, -0.1) is 0 Å². The van der Waals surface area contributed by atoms with Gasteiger partial charge in [-0.2, -0.15) is 0 Å². The number of methoxy groups -OCH3 is 1. The summed E-state index contributed by atoms with van der Waals surface area (Å²) in [5, 5.41) is 0.943. The maximum atomic E-state index is 14.1. The first-order chi connectivity index (χ1) is 23.7. The Hall–Kier alpha value is -3.78. The standard InChI is InChI=1S/C37H49N5O7S/c1-23-16-26(18-31(40-11-8-9-12-40)34(23)32(43)22-50(46,47)38(4)5)36(44)42-13-10-28-29(20-42)37(45)49-35-25(3)30(17-24(2)33(28)35)41-15-14-39(6)27(19-41)21-48-7/h16-18,27H,8-15,19-22H2,1-7H3/t27-/m1/s1. The first kappa shape index (κ1) is 36.0. The fourth-order valence-electron chi connectivity index (χ4n) is 7.80. The lowest BCUT2D eigenvalue weighted by Crippen LogP contribution is -2.53. The molecule has 13 heteroatoms. The topological polar surface area (TPSA) is 124 Å². The van der Waals surface area contributed by atoms with E-state index in [2.05, 4.69) is 34.7 Å². The Morgan fingerprint density at radius 1 is 0.940 bits per heavy atom. The van der Waals surface area contributed by atoms with Gasteiger partial charge in [0.15, 0.2) is 5.78 Å². The number of anilines is 2. The summed E-state index contributed by atoms with van der Waals surface area (Å²) in [5.41, 5.74) is 6.49. The molecule has 270 valence electrons. The monoisotopic (exact) mass is 707 g/mol. The van der Waals surface area contributed by atoms with Crippen molar-refractivity contribution in [3.05, 3.63) is 67.6 Å². The third-order valence-corrected chi connectivity index (χ3v) is 12.4. The van der Waals surface area contributed by atoms with Crippen LogP contribution in [0.5, 0.6) is 0 Å². The van der Waals surface area contributed by atoms with E-state index in [0.717, 1.165) is 64.5 Å². The van der Waals surface area contributed by atoms with E-state index < -0.39 is 27.2 Å². The van der Waals surface area contributed by atoms with Crippen molar-refractivity contribution in [3.8, 4) is 0 Å². The van der Waals surface area contributed by atoms with Crippen LogP contribution >= 0.6 is 0 Å². The van der Waals surface area contributed by atoms with Crippen molar-refractivity contribution in [3.63, 3.8) is 0 Å². The molecule has 3 aromatic rings. The molecule has 0 bridgehead atoms. The van der Waals surface area contributed by atoms with Crippen LogP contribution in [0.1, 0.15) is 61.4 Å². The minimum atomic E-state index is -3.77. The molecule has 1 amide bonds. The molecule has 2 aromatic carbocycles. The van der Waals surface area contributed by atoms with Gasteiger partial charge in [-0.1, -0.05) is 0 Å². The van der Waals surface area contributed by atoms with Gasteiger partial charge in [-0.25, -0.2) is 17.5 Å². The highest BCUT2D eigenvalue weighted by atomic mass is 32.2. The van der Waals surface area contributed by atoms with Gasteiger partial charge in [0.05, 0.1) is 24.8 Å². The van der Waals surface area contributed by atoms with Gasteiger partial charge in [-0.05, 0) is 82.0 Å². The lowest BCUT2D eigenvalue weighted by Gasteiger charge is -2.41. The van der Waals surface area contributed by atoms with Crippen molar-refractivity contribution < 1.29 is 27.2 Å². The number of ether oxygens (including phenoxy) is 1. The quantitative estimate of drug-likeness (QED) is 0.242. The second-order valence-corrected chi connectivity index (χ2v) is 16.4. The maximum Gasteiger partial charge on any atom is 0.341 e. The minimum Gasteiger partial charge on any atom is -0.422 e. The van der Waals surface area contributed by atoms with E-state index in [1.165, 1.54) is 14.1 Å². The van der Waals surface area contributed by atoms with Gasteiger partial charge in [-0.3, -0.25) is 14.5 Å². The number of piperazine rings is 1. The molecule has 2 fully saturated rings. The van der Waals surface area contributed by atoms with Crippen molar-refractivity contribution in [2.24, 2.45) is 0 Å². The molecule has 50 heavy (non-hydrogen) atoms. The SMILES string of the molecule is COC[C@H]1CN(c2cc(C)c3c4c(c(=O)oc3c2C)CN(C(=O)c2cc(C)c(C(=O)CS(=O)(=O)N(C)C)c(N3CCCC3)c2)CC4)CCN1C. The minimum absolute atomic E-state index is 0.115. The Balaban J connectivity index is 1.31. The van der Waals surface area contributed by atoms with Crippen LogP contribution in [-0.2, 0) is 27.7 Å². The first-order valence-corrected chi connectivity index (χ1v) is 19.0. The fourth-order valence-corrected chi connectivity index (χ4v) is 8.54. The van der Waals surface area contributed by atoms with Crippen LogP contribution in [0.2, 0.25) is 0 Å². The Morgan fingerprint density at radius 2 is 1.66 bits per heavy atom. The van der Waals surface area contributed by atoms with Crippen molar-refractivity contribution in [2.45, 2.75) is 52.6 Å². The van der Waals surface area contributed by atoms with E-state index in [0.29, 0.717) is 66.2 Å². The molecule has 0 radical (unpaired) electrons. The van der Waals surface area contributed by atoms with Gasteiger partial charge in [0.1, 0.15) is 11.3 Å². The number of nitrogens with zero attached hydrogens (tertiary/aromatic N) is 5. The molecular weight excluding hydrogens is 659 g/mol. The summed E-state index contributed by atoms with van der Waals surface area (Å²) >= 11 is 0. The molecule has 3 aliphatic rings. The Bertz CT molecular complexity index is 2000. The molecule has 2 saturated heterocycles. The number of benzene rings is 2. The van der Waals surface area contributed by atoms with Crippen LogP contribution < -0.4 is 15.4 Å². The zero-order valence-corrected chi connectivity index (χ0v) is 31.1. The Morgan fingerprint density at radius 3 is 2.34 bits per heavy atom. The molecule has 1 aromatic heterocycles. The smallest absolute Gasteiger partial charge is 0.341 e. The lowest BCUT2D eigenvalue weighted by atomic mass is 9.92. The number of sulfonamides is 1. The highest BCUT2D eigenvalue weighted by molar-refractivity contribution is 7.89. The van der Waals surface area contributed by atoms with E-state index in [9.17, 15) is 22.8 Å². The van der Waals surface area contributed by atoms with Gasteiger partial charge < -0.3 is 23.9 Å². The number of ketones is 1. The second-order valence-electron chi connectivity index (χ2n) is 14.2. The Kier molecular flexibility index (Phi) is 10.2. The largest absolute Gasteiger partial charge is 0.422 e. The average molecular weight is 708 g/mol. The number of carbonyl (C=O) groups is 2. The third-order valence-electron chi connectivity index (χ3n) is 10.7. The molecule has 0 saturated carbocycles. The molecule has 0 aliphatic carbocycles. The van der Waals surface area contributed by atoms with Crippen LogP contribution in [-0.4, -0.2) is 120 Å². The maximum absolute atomic E-state index is 14.1. The number of carbonyl (C=O) groups excluding carboxylic acids is 2. The predicted molar refractivity (Wildman–Crippen MR) is 195 cm³/mol. The summed E-state index contributed by atoms with van der Waals surface area (Å²) < 4.78 is 37.8. The van der Waals surface area contributed by atoms with E-state index in [1.807, 2.05) is 6.92 Å². The highest BCUT2D eigenvalue weighted by Crippen LogP contribution is 2.37. The number of aryl methyl sites for hydroxylation is 3. The van der Waals surface area contributed by atoms with E-state index >= 15 is 0 Å². The van der Waals surface area contributed by atoms with Gasteiger partial charge in [0, 0.05) is 93.9 Å². The summed E-state index contributed by atoms with van der Waals surface area (Å²) in [5.74, 6) is -1.39. The number of amides is 1. The van der Waals surface area contributed by atoms with Crippen molar-refractivity contribution in [1.29, 1.82) is 0 Å². The van der Waals surface area contributed by atoms with Gasteiger partial charge >= 0.3 is 5.63 Å². The zero-order chi connectivity index (χ0) is 36.1. The number of rotatable bonds is 9. The summed E-state index contributed by atoms with van der Waals surface area (Å²) in [6.07, 6.45) is 2.39. The number of Topliss-reactive ketones (excluding diaryl/α,β-unsaturated/α-hetero) is 1. The Labute approximate surface area is 294 Å². The van der Waals surface area contributed by atoms with E-state index in [-0.39, 0.29) is 18.5 Å². The normalized spacial score (nSPS) is 18.7. The molecule has 1 atom stereocenters. The molecule has 12 nitrogen and oxygen atoms in total. The van der Waals surface area contributed by atoms with E-state index in [4.69, 9.17) is 9.15 Å². The summed E-state index contributed by atoms with van der Waals surface area (Å²) in [4.78, 5) is 49.6. The van der Waals surface area contributed by atoms with Crippen LogP contribution in [0, 0.1) is 20.8 Å². The molecule has 0 unspecified atom stereocenters. The molecular formula is C37H49N5O7S. The zero-order valence-electron chi connectivity index (χ0n) is 30.3. The van der Waals surface area contributed by atoms with Crippen molar-refractivity contribution >= 4 is 44.1 Å². The van der Waals surface area contributed by atoms with Gasteiger partial charge in [0.25, 0.3) is 5.91 Å². The lowest BCUT2D eigenvalue weighted by molar-refractivity contribution is 0.0732. The number of hydrogen-bond acceptors (Lipinski definition) is 10. The predicted octanol–water partition coefficient (Wildman–Crippen LogP) is 3.36. The van der Waals surface area contributed by atoms with E-state index in [1.54, 1.807) is 31.1 Å². The average Bonchev–Trinajstić information content (AvgIpc) is 3.61. The van der Waals surface area contributed by atoms with Crippen LogP contribution in [0.25, 0.3) is 11.0 Å². The molecule has 0 spiro atoms. The molecule has 0 N–H and O–H groups in total. The summed E-state index contributed by atoms with van der Waals surface area (Å²) in [7, 11) is 2.88. The summed E-state index contributed by atoms with van der Waals surface area (Å²) in [6.45, 7) is 11.0. The number of likely N-dealkylation sites (N-methyl/N-ethyl adjacent to an activating group) is 1. The number of hydrogen-bond donors (Lipinski definition) is 0. The van der Waals surface area contributed by atoms with Crippen molar-refractivity contribution in [1.82, 2.24) is 14.1 Å². The number of fused-ring (bicyclic) bond motifs is 3. The van der Waals surface area contributed by atoms with Gasteiger partial charge in [0.2, 0.25) is 10.0 Å². The fraction of sp³-hybridized carbons (Fsp3) is 0.541. The summed E-state index contributed by atoms with van der Waals surface area (Å²) in [6, 6.07) is 5.84. The molecule has 6 rings (SSSR count).